The molecule has 1 N–H and O–H groups in total. The second-order valence-electron chi connectivity index (χ2n) is 5.18. The Morgan fingerprint density at radius 1 is 1.12 bits per heavy atom. The Balaban J connectivity index is 1.72. The lowest BCUT2D eigenvalue weighted by Gasteiger charge is -2.29. The summed E-state index contributed by atoms with van der Waals surface area (Å²) >= 11 is 6.30. The first-order valence-electron chi connectivity index (χ1n) is 7.22. The van der Waals surface area contributed by atoms with Gasteiger partial charge in [-0.15, -0.1) is 0 Å². The number of hydrogen-bond acceptors (Lipinski definition) is 5. The first kappa shape index (κ1) is 16.8. The minimum absolute atomic E-state index is 0.0678. The van der Waals surface area contributed by atoms with Gasteiger partial charge in [0.15, 0.2) is 0 Å². The van der Waals surface area contributed by atoms with E-state index >= 15 is 0 Å². The maximum Gasteiger partial charge on any atom is 0.419 e. The summed E-state index contributed by atoms with van der Waals surface area (Å²) in [6, 6.07) is 5.31. The van der Waals surface area contributed by atoms with Crippen molar-refractivity contribution in [2.75, 3.05) is 36.5 Å². The van der Waals surface area contributed by atoms with Crippen molar-refractivity contribution in [2.45, 2.75) is 6.18 Å². The van der Waals surface area contributed by atoms with E-state index in [4.69, 9.17) is 16.3 Å². The number of hydrogen-bond donors (Lipinski definition) is 1. The summed E-state index contributed by atoms with van der Waals surface area (Å²) < 4.78 is 42.8. The van der Waals surface area contributed by atoms with E-state index in [9.17, 15) is 13.2 Å². The van der Waals surface area contributed by atoms with Gasteiger partial charge in [0, 0.05) is 31.2 Å². The number of rotatable bonds is 3. The fraction of sp³-hybridized carbons (Fsp3) is 0.333. The van der Waals surface area contributed by atoms with Crippen LogP contribution < -0.4 is 10.2 Å². The molecular formula is C15H14ClF3N4O. The molecular weight excluding hydrogens is 345 g/mol. The monoisotopic (exact) mass is 358 g/mol. The molecule has 5 nitrogen and oxygen atoms in total. The van der Waals surface area contributed by atoms with Gasteiger partial charge in [-0.2, -0.15) is 13.2 Å². The number of nitrogens with one attached hydrogen (secondary N) is 1. The van der Waals surface area contributed by atoms with Crippen LogP contribution in [0.4, 0.5) is 30.5 Å². The lowest BCUT2D eigenvalue weighted by Crippen LogP contribution is -2.36. The first-order chi connectivity index (χ1) is 11.4. The number of ether oxygens (including phenoxy) is 1. The molecule has 0 bridgehead atoms. The normalized spacial score (nSPS) is 15.4. The van der Waals surface area contributed by atoms with E-state index in [2.05, 4.69) is 20.2 Å². The van der Waals surface area contributed by atoms with Crippen LogP contribution in [0.2, 0.25) is 5.02 Å². The second kappa shape index (κ2) is 6.82. The van der Waals surface area contributed by atoms with Gasteiger partial charge >= 0.3 is 6.18 Å². The molecule has 1 aromatic heterocycles. The molecule has 0 radical (unpaired) electrons. The van der Waals surface area contributed by atoms with Gasteiger partial charge in [0.05, 0.1) is 29.5 Å². The third-order valence-electron chi connectivity index (χ3n) is 3.53. The standard InChI is InChI=1S/C15H14ClF3N4O/c16-12-7-11(1-2-13(12)23-3-5-24-6-4-23)22-14-20-8-10(9-21-14)15(17,18)19/h1-2,7-9H,3-6H2,(H,20,21,22). The van der Waals surface area contributed by atoms with Crippen LogP contribution in [-0.4, -0.2) is 36.3 Å². The molecule has 0 amide bonds. The van der Waals surface area contributed by atoms with Gasteiger partial charge in [0.1, 0.15) is 0 Å². The maximum atomic E-state index is 12.5. The summed E-state index contributed by atoms with van der Waals surface area (Å²) in [4.78, 5) is 9.46. The van der Waals surface area contributed by atoms with Crippen LogP contribution in [0.15, 0.2) is 30.6 Å². The van der Waals surface area contributed by atoms with E-state index in [1.807, 2.05) is 6.07 Å². The number of morpholine rings is 1. The van der Waals surface area contributed by atoms with E-state index in [-0.39, 0.29) is 5.95 Å². The van der Waals surface area contributed by atoms with Gasteiger partial charge in [0.2, 0.25) is 5.95 Å². The van der Waals surface area contributed by atoms with Gasteiger partial charge in [-0.05, 0) is 18.2 Å². The van der Waals surface area contributed by atoms with E-state index < -0.39 is 11.7 Å². The van der Waals surface area contributed by atoms with E-state index in [0.717, 1.165) is 31.2 Å². The Kier molecular flexibility index (Phi) is 4.77. The highest BCUT2D eigenvalue weighted by Crippen LogP contribution is 2.31. The quantitative estimate of drug-likeness (QED) is 0.906. The van der Waals surface area contributed by atoms with Gasteiger partial charge in [0.25, 0.3) is 0 Å². The highest BCUT2D eigenvalue weighted by molar-refractivity contribution is 6.33. The molecule has 9 heteroatoms. The van der Waals surface area contributed by atoms with Crippen LogP contribution in [0.1, 0.15) is 5.56 Å². The zero-order valence-corrected chi connectivity index (χ0v) is 13.2. The van der Waals surface area contributed by atoms with Crippen molar-refractivity contribution in [1.29, 1.82) is 0 Å². The molecule has 0 atom stereocenters. The third-order valence-corrected chi connectivity index (χ3v) is 3.84. The van der Waals surface area contributed by atoms with Crippen LogP contribution in [-0.2, 0) is 10.9 Å². The number of halogens is 4. The summed E-state index contributed by atoms with van der Waals surface area (Å²) in [5, 5.41) is 3.37. The van der Waals surface area contributed by atoms with Crippen molar-refractivity contribution in [2.24, 2.45) is 0 Å². The molecule has 0 saturated carbocycles. The van der Waals surface area contributed by atoms with Gasteiger partial charge < -0.3 is 15.0 Å². The largest absolute Gasteiger partial charge is 0.419 e. The number of benzene rings is 1. The van der Waals surface area contributed by atoms with Crippen molar-refractivity contribution in [3.8, 4) is 0 Å². The number of anilines is 3. The Bertz CT molecular complexity index is 703. The van der Waals surface area contributed by atoms with Crippen LogP contribution >= 0.6 is 11.6 Å². The predicted molar refractivity (Wildman–Crippen MR) is 84.8 cm³/mol. The molecule has 1 fully saturated rings. The number of alkyl halides is 3. The summed E-state index contributed by atoms with van der Waals surface area (Å²) in [7, 11) is 0. The van der Waals surface area contributed by atoms with Crippen molar-refractivity contribution in [1.82, 2.24) is 9.97 Å². The van der Waals surface area contributed by atoms with Crippen LogP contribution in [0, 0.1) is 0 Å². The van der Waals surface area contributed by atoms with Gasteiger partial charge in [-0.1, -0.05) is 11.6 Å². The van der Waals surface area contributed by atoms with Crippen LogP contribution in [0.3, 0.4) is 0 Å². The highest BCUT2D eigenvalue weighted by atomic mass is 35.5. The Hall–Kier alpha value is -2.06. The van der Waals surface area contributed by atoms with E-state index in [1.165, 1.54) is 0 Å². The molecule has 1 aromatic carbocycles. The summed E-state index contributed by atoms with van der Waals surface area (Å²) in [5.74, 6) is 0.0678. The van der Waals surface area contributed by atoms with Crippen molar-refractivity contribution in [3.05, 3.63) is 41.2 Å². The lowest BCUT2D eigenvalue weighted by molar-refractivity contribution is -0.138. The molecule has 128 valence electrons. The molecule has 1 saturated heterocycles. The second-order valence-corrected chi connectivity index (χ2v) is 5.59. The third kappa shape index (κ3) is 3.88. The topological polar surface area (TPSA) is 50.3 Å². The molecule has 24 heavy (non-hydrogen) atoms. The molecule has 2 heterocycles. The van der Waals surface area contributed by atoms with Crippen molar-refractivity contribution >= 4 is 28.9 Å². The fourth-order valence-electron chi connectivity index (χ4n) is 2.31. The number of nitrogens with zero attached hydrogens (tertiary/aromatic N) is 3. The minimum Gasteiger partial charge on any atom is -0.378 e. The number of aromatic nitrogens is 2. The molecule has 2 aromatic rings. The van der Waals surface area contributed by atoms with E-state index in [1.54, 1.807) is 12.1 Å². The zero-order valence-electron chi connectivity index (χ0n) is 12.5. The van der Waals surface area contributed by atoms with Gasteiger partial charge in [-0.3, -0.25) is 0 Å². The Morgan fingerprint density at radius 2 is 1.79 bits per heavy atom. The zero-order chi connectivity index (χ0) is 17.2. The summed E-state index contributed by atoms with van der Waals surface area (Å²) in [5.41, 5.74) is 0.587. The average Bonchev–Trinajstić information content (AvgIpc) is 2.55. The average molecular weight is 359 g/mol. The molecule has 3 rings (SSSR count). The van der Waals surface area contributed by atoms with Crippen molar-refractivity contribution in [3.63, 3.8) is 0 Å². The summed E-state index contributed by atoms with van der Waals surface area (Å²) in [6.07, 6.45) is -2.99. The smallest absolute Gasteiger partial charge is 0.378 e. The Labute approximate surface area is 141 Å². The summed E-state index contributed by atoms with van der Waals surface area (Å²) in [6.45, 7) is 2.81. The Morgan fingerprint density at radius 3 is 2.38 bits per heavy atom. The first-order valence-corrected chi connectivity index (χ1v) is 7.60. The minimum atomic E-state index is -4.46. The molecule has 0 spiro atoms. The molecule has 1 aliphatic heterocycles. The maximum absolute atomic E-state index is 12.5. The predicted octanol–water partition coefficient (Wildman–Crippen LogP) is 3.73. The SMILES string of the molecule is FC(F)(F)c1cnc(Nc2ccc(N3CCOCC3)c(Cl)c2)nc1. The molecule has 0 aliphatic carbocycles. The lowest BCUT2D eigenvalue weighted by atomic mass is 10.2. The molecule has 1 aliphatic rings. The van der Waals surface area contributed by atoms with Crippen LogP contribution in [0.25, 0.3) is 0 Å². The van der Waals surface area contributed by atoms with E-state index in [0.29, 0.717) is 23.9 Å². The van der Waals surface area contributed by atoms with Crippen LogP contribution in [0.5, 0.6) is 0 Å². The highest BCUT2D eigenvalue weighted by Gasteiger charge is 2.31. The molecule has 0 unspecified atom stereocenters. The van der Waals surface area contributed by atoms with Crippen molar-refractivity contribution < 1.29 is 17.9 Å². The fourth-order valence-corrected chi connectivity index (χ4v) is 2.61. The van der Waals surface area contributed by atoms with Gasteiger partial charge in [-0.25, -0.2) is 9.97 Å².